The van der Waals surface area contributed by atoms with Crippen LogP contribution >= 0.6 is 0 Å². The number of alkyl halides is 2. The molecule has 1 heterocycles. The Balaban J connectivity index is 1.39. The third kappa shape index (κ3) is 4.02. The van der Waals surface area contributed by atoms with Gasteiger partial charge in [0.15, 0.2) is 0 Å². The van der Waals surface area contributed by atoms with Gasteiger partial charge in [-0.1, -0.05) is 48.5 Å². The molecule has 7 nitrogen and oxygen atoms in total. The Bertz CT molecular complexity index is 1030. The fourth-order valence-electron chi connectivity index (χ4n) is 4.40. The van der Waals surface area contributed by atoms with Crippen molar-refractivity contribution in [3.8, 4) is 11.1 Å². The Hall–Kier alpha value is -3.49. The van der Waals surface area contributed by atoms with Crippen LogP contribution in [-0.4, -0.2) is 59.1 Å². The van der Waals surface area contributed by atoms with Crippen molar-refractivity contribution in [1.29, 1.82) is 0 Å². The minimum atomic E-state index is -3.29. The van der Waals surface area contributed by atoms with Crippen LogP contribution in [0.4, 0.5) is 13.6 Å². The predicted molar refractivity (Wildman–Crippen MR) is 110 cm³/mol. The Morgan fingerprint density at radius 1 is 1.12 bits per heavy atom. The van der Waals surface area contributed by atoms with Gasteiger partial charge >= 0.3 is 12.1 Å². The number of likely N-dealkylation sites (tertiary alicyclic amines) is 1. The third-order valence-electron chi connectivity index (χ3n) is 5.89. The number of fused-ring (bicyclic) bond motifs is 3. The summed E-state index contributed by atoms with van der Waals surface area (Å²) in [5.74, 6) is -5.87. The number of aliphatic carboxylic acids is 1. The SMILES string of the molecule is C[C@@H](NC(=O)OCC1c2ccccc2-c2ccccc21)C(=O)N1CC(F)(F)C[C@@H]1C(=O)O. The maximum Gasteiger partial charge on any atom is 0.407 e. The van der Waals surface area contributed by atoms with E-state index in [9.17, 15) is 23.2 Å². The van der Waals surface area contributed by atoms with Gasteiger partial charge in [-0.3, -0.25) is 4.79 Å². The van der Waals surface area contributed by atoms with Gasteiger partial charge in [0.1, 0.15) is 18.7 Å². The van der Waals surface area contributed by atoms with Crippen LogP contribution in [0.15, 0.2) is 48.5 Å². The van der Waals surface area contributed by atoms with Gasteiger partial charge in [-0.05, 0) is 29.2 Å². The molecule has 0 bridgehead atoms. The normalized spacial score (nSPS) is 19.7. The van der Waals surface area contributed by atoms with Crippen LogP contribution in [0.5, 0.6) is 0 Å². The highest BCUT2D eigenvalue weighted by molar-refractivity contribution is 5.89. The van der Waals surface area contributed by atoms with Crippen molar-refractivity contribution >= 4 is 18.0 Å². The van der Waals surface area contributed by atoms with Crippen LogP contribution in [0.25, 0.3) is 11.1 Å². The number of carbonyl (C=O) groups excluding carboxylic acids is 2. The minimum Gasteiger partial charge on any atom is -0.480 e. The lowest BCUT2D eigenvalue weighted by Crippen LogP contribution is -2.50. The fourth-order valence-corrected chi connectivity index (χ4v) is 4.40. The lowest BCUT2D eigenvalue weighted by Gasteiger charge is -2.25. The number of amides is 2. The number of rotatable bonds is 5. The van der Waals surface area contributed by atoms with E-state index in [2.05, 4.69) is 5.32 Å². The van der Waals surface area contributed by atoms with Gasteiger partial charge in [-0.25, -0.2) is 18.4 Å². The first kappa shape index (κ1) is 21.7. The van der Waals surface area contributed by atoms with Gasteiger partial charge < -0.3 is 20.1 Å². The van der Waals surface area contributed by atoms with E-state index >= 15 is 0 Å². The number of benzene rings is 2. The molecule has 2 amide bonds. The molecule has 32 heavy (non-hydrogen) atoms. The summed E-state index contributed by atoms with van der Waals surface area (Å²) in [6.07, 6.45) is -1.84. The number of hydrogen-bond donors (Lipinski definition) is 2. The van der Waals surface area contributed by atoms with E-state index < -0.39 is 48.9 Å². The Morgan fingerprint density at radius 3 is 2.25 bits per heavy atom. The average molecular weight is 444 g/mol. The quantitative estimate of drug-likeness (QED) is 0.738. The Labute approximate surface area is 183 Å². The summed E-state index contributed by atoms with van der Waals surface area (Å²) in [5, 5.41) is 11.5. The lowest BCUT2D eigenvalue weighted by molar-refractivity contribution is -0.148. The molecule has 0 spiro atoms. The molecule has 0 aromatic heterocycles. The van der Waals surface area contributed by atoms with E-state index in [0.29, 0.717) is 4.90 Å². The molecule has 0 saturated carbocycles. The van der Waals surface area contributed by atoms with Crippen molar-refractivity contribution < 1.29 is 33.0 Å². The number of nitrogens with one attached hydrogen (secondary N) is 1. The first-order valence-electron chi connectivity index (χ1n) is 10.2. The number of carboxylic acid groups (broad SMARTS) is 1. The zero-order valence-electron chi connectivity index (χ0n) is 17.3. The molecule has 9 heteroatoms. The second-order valence-electron chi connectivity index (χ2n) is 8.07. The summed E-state index contributed by atoms with van der Waals surface area (Å²) in [6, 6.07) is 12.8. The topological polar surface area (TPSA) is 95.9 Å². The second-order valence-corrected chi connectivity index (χ2v) is 8.07. The monoisotopic (exact) mass is 444 g/mol. The van der Waals surface area contributed by atoms with Crippen LogP contribution in [0.2, 0.25) is 0 Å². The molecular formula is C23H22F2N2O5. The number of carbonyl (C=O) groups is 3. The molecule has 2 aromatic carbocycles. The maximum atomic E-state index is 13.7. The highest BCUT2D eigenvalue weighted by atomic mass is 19.3. The molecule has 2 atom stereocenters. The number of ether oxygens (including phenoxy) is 1. The maximum absolute atomic E-state index is 13.7. The van der Waals surface area contributed by atoms with Gasteiger partial charge in [0.2, 0.25) is 5.91 Å². The standard InChI is InChI=1S/C23H22F2N2O5/c1-13(20(28)27-12-23(24,25)10-19(27)21(29)30)26-22(31)32-11-18-16-8-4-2-6-14(16)15-7-3-5-9-17(15)18/h2-9,13,18-19H,10-12H2,1H3,(H,26,31)(H,29,30)/t13-,19-/m1/s1. The summed E-state index contributed by atoms with van der Waals surface area (Å²) in [5.41, 5.74) is 4.18. The first-order valence-corrected chi connectivity index (χ1v) is 10.2. The number of alkyl carbamates (subject to hydrolysis) is 1. The molecule has 2 aliphatic rings. The zero-order valence-corrected chi connectivity index (χ0v) is 17.3. The van der Waals surface area contributed by atoms with Crippen molar-refractivity contribution in [2.75, 3.05) is 13.2 Å². The van der Waals surface area contributed by atoms with Gasteiger partial charge in [0, 0.05) is 12.3 Å². The molecule has 1 saturated heterocycles. The molecule has 1 aliphatic carbocycles. The van der Waals surface area contributed by atoms with Crippen LogP contribution < -0.4 is 5.32 Å². The molecule has 0 radical (unpaired) electrons. The Morgan fingerprint density at radius 2 is 1.69 bits per heavy atom. The van der Waals surface area contributed by atoms with E-state index in [1.807, 2.05) is 48.5 Å². The van der Waals surface area contributed by atoms with Crippen LogP contribution in [0, 0.1) is 0 Å². The summed E-state index contributed by atoms with van der Waals surface area (Å²) in [7, 11) is 0. The van der Waals surface area contributed by atoms with Crippen LogP contribution in [-0.2, 0) is 14.3 Å². The predicted octanol–water partition coefficient (Wildman–Crippen LogP) is 3.23. The molecular weight excluding hydrogens is 422 g/mol. The third-order valence-corrected chi connectivity index (χ3v) is 5.89. The van der Waals surface area contributed by atoms with Gasteiger partial charge in [-0.2, -0.15) is 0 Å². The number of halogens is 2. The molecule has 4 rings (SSSR count). The summed E-state index contributed by atoms with van der Waals surface area (Å²) in [4.78, 5) is 36.7. The van der Waals surface area contributed by atoms with Crippen LogP contribution in [0.1, 0.15) is 30.4 Å². The molecule has 1 fully saturated rings. The second kappa shape index (κ2) is 8.22. The van der Waals surface area contributed by atoms with E-state index in [1.54, 1.807) is 0 Å². The molecule has 2 N–H and O–H groups in total. The summed E-state index contributed by atoms with van der Waals surface area (Å²) >= 11 is 0. The van der Waals surface area contributed by atoms with Crippen molar-refractivity contribution in [3.63, 3.8) is 0 Å². The van der Waals surface area contributed by atoms with E-state index in [-0.39, 0.29) is 12.5 Å². The lowest BCUT2D eigenvalue weighted by atomic mass is 9.98. The highest BCUT2D eigenvalue weighted by Gasteiger charge is 2.50. The molecule has 168 valence electrons. The van der Waals surface area contributed by atoms with E-state index in [0.717, 1.165) is 22.3 Å². The first-order chi connectivity index (χ1) is 15.2. The number of nitrogens with zero attached hydrogens (tertiary/aromatic N) is 1. The zero-order chi connectivity index (χ0) is 23.0. The van der Waals surface area contributed by atoms with E-state index in [4.69, 9.17) is 9.84 Å². The van der Waals surface area contributed by atoms with Gasteiger partial charge in [-0.15, -0.1) is 0 Å². The van der Waals surface area contributed by atoms with Crippen molar-refractivity contribution in [1.82, 2.24) is 10.2 Å². The highest BCUT2D eigenvalue weighted by Crippen LogP contribution is 2.44. The van der Waals surface area contributed by atoms with Crippen molar-refractivity contribution in [2.24, 2.45) is 0 Å². The Kier molecular flexibility index (Phi) is 5.58. The van der Waals surface area contributed by atoms with Crippen molar-refractivity contribution in [2.45, 2.75) is 37.3 Å². The summed E-state index contributed by atoms with van der Waals surface area (Å²) < 4.78 is 32.7. The van der Waals surface area contributed by atoms with E-state index in [1.165, 1.54) is 6.92 Å². The molecule has 0 unspecified atom stereocenters. The smallest absolute Gasteiger partial charge is 0.407 e. The number of hydrogen-bond acceptors (Lipinski definition) is 4. The van der Waals surface area contributed by atoms with Gasteiger partial charge in [0.05, 0.1) is 6.54 Å². The summed E-state index contributed by atoms with van der Waals surface area (Å²) in [6.45, 7) is 0.332. The minimum absolute atomic E-state index is 0.0281. The van der Waals surface area contributed by atoms with Crippen LogP contribution in [0.3, 0.4) is 0 Å². The average Bonchev–Trinajstić information content (AvgIpc) is 3.26. The fraction of sp³-hybridized carbons (Fsp3) is 0.348. The number of carboxylic acids is 1. The van der Waals surface area contributed by atoms with Gasteiger partial charge in [0.25, 0.3) is 5.92 Å². The van der Waals surface area contributed by atoms with Crippen molar-refractivity contribution in [3.05, 3.63) is 59.7 Å². The molecule has 2 aromatic rings. The largest absolute Gasteiger partial charge is 0.480 e. The molecule has 1 aliphatic heterocycles.